The van der Waals surface area contributed by atoms with E-state index in [1.807, 2.05) is 27.7 Å². The van der Waals surface area contributed by atoms with Crippen LogP contribution in [-0.4, -0.2) is 23.9 Å². The van der Waals surface area contributed by atoms with Crippen molar-refractivity contribution in [1.82, 2.24) is 0 Å². The lowest BCUT2D eigenvalue weighted by Gasteiger charge is -2.19. The van der Waals surface area contributed by atoms with Crippen molar-refractivity contribution in [3.05, 3.63) is 46.5 Å². The van der Waals surface area contributed by atoms with Gasteiger partial charge in [-0.15, -0.1) is 0 Å². The maximum absolute atomic E-state index is 11.7. The smallest absolute Gasteiger partial charge is 0.308 e. The quantitative estimate of drug-likeness (QED) is 0.333. The SMILES string of the molecule is CC(=O)Oc1cc(CCc2cc(OC(C)=O)c(C(C)C)c(OC(C)=O)c2)cc(OC(C)=O)c1C(C)C. The molecule has 0 radical (unpaired) electrons. The molecule has 0 bridgehead atoms. The van der Waals surface area contributed by atoms with E-state index < -0.39 is 23.9 Å². The normalized spacial score (nSPS) is 10.8. The number of rotatable bonds is 9. The second kappa shape index (κ2) is 12.3. The summed E-state index contributed by atoms with van der Waals surface area (Å²) in [5, 5.41) is 0. The van der Waals surface area contributed by atoms with Crippen LogP contribution in [-0.2, 0) is 32.0 Å². The molecule has 8 nitrogen and oxygen atoms in total. The van der Waals surface area contributed by atoms with Gasteiger partial charge in [-0.05, 0) is 60.1 Å². The number of hydrogen-bond acceptors (Lipinski definition) is 8. The molecule has 2 aromatic rings. The Labute approximate surface area is 211 Å². The zero-order chi connectivity index (χ0) is 27.2. The predicted molar refractivity (Wildman–Crippen MR) is 134 cm³/mol. The number of esters is 4. The lowest BCUT2D eigenvalue weighted by molar-refractivity contribution is -0.133. The first-order valence-corrected chi connectivity index (χ1v) is 11.9. The van der Waals surface area contributed by atoms with Crippen molar-refractivity contribution in [2.75, 3.05) is 0 Å². The molecule has 0 heterocycles. The highest BCUT2D eigenvalue weighted by Crippen LogP contribution is 2.39. The Kier molecular flexibility index (Phi) is 9.78. The molecule has 0 amide bonds. The van der Waals surface area contributed by atoms with Gasteiger partial charge in [0.25, 0.3) is 0 Å². The number of aryl methyl sites for hydroxylation is 2. The molecule has 0 aromatic heterocycles. The molecule has 0 aliphatic rings. The van der Waals surface area contributed by atoms with Crippen molar-refractivity contribution < 1.29 is 38.1 Å². The van der Waals surface area contributed by atoms with Crippen molar-refractivity contribution >= 4 is 23.9 Å². The highest BCUT2D eigenvalue weighted by atomic mass is 16.6. The molecular formula is C28H34O8. The van der Waals surface area contributed by atoms with Crippen LogP contribution in [0.3, 0.4) is 0 Å². The van der Waals surface area contributed by atoms with Gasteiger partial charge in [0, 0.05) is 38.8 Å². The number of hydrogen-bond donors (Lipinski definition) is 0. The fourth-order valence-corrected chi connectivity index (χ4v) is 3.98. The molecule has 0 atom stereocenters. The largest absolute Gasteiger partial charge is 0.426 e. The molecule has 0 saturated carbocycles. The molecule has 8 heteroatoms. The molecule has 0 fully saturated rings. The maximum atomic E-state index is 11.7. The molecular weight excluding hydrogens is 464 g/mol. The average molecular weight is 499 g/mol. The summed E-state index contributed by atoms with van der Waals surface area (Å²) in [6, 6.07) is 7.02. The van der Waals surface area contributed by atoms with Crippen molar-refractivity contribution in [1.29, 1.82) is 0 Å². The summed E-state index contributed by atoms with van der Waals surface area (Å²) in [4.78, 5) is 46.9. The Morgan fingerprint density at radius 1 is 0.528 bits per heavy atom. The van der Waals surface area contributed by atoms with E-state index in [1.54, 1.807) is 24.3 Å². The Hall–Kier alpha value is -3.68. The van der Waals surface area contributed by atoms with Crippen molar-refractivity contribution in [3.8, 4) is 23.0 Å². The van der Waals surface area contributed by atoms with Gasteiger partial charge < -0.3 is 18.9 Å². The second-order valence-electron chi connectivity index (χ2n) is 9.20. The fourth-order valence-electron chi connectivity index (χ4n) is 3.98. The first-order valence-electron chi connectivity index (χ1n) is 11.9. The summed E-state index contributed by atoms with van der Waals surface area (Å²) in [7, 11) is 0. The van der Waals surface area contributed by atoms with E-state index in [0.717, 1.165) is 11.1 Å². The summed E-state index contributed by atoms with van der Waals surface area (Å²) in [6.45, 7) is 12.9. The molecule has 0 aliphatic carbocycles. The predicted octanol–water partition coefficient (Wildman–Crippen LogP) is 5.42. The van der Waals surface area contributed by atoms with E-state index in [-0.39, 0.29) is 11.8 Å². The Morgan fingerprint density at radius 3 is 0.917 bits per heavy atom. The number of carbonyl (C=O) groups is 4. The topological polar surface area (TPSA) is 105 Å². The van der Waals surface area contributed by atoms with Gasteiger partial charge in [0.1, 0.15) is 23.0 Å². The molecule has 2 aromatic carbocycles. The van der Waals surface area contributed by atoms with Gasteiger partial charge in [-0.3, -0.25) is 19.2 Å². The van der Waals surface area contributed by atoms with Gasteiger partial charge in [-0.25, -0.2) is 0 Å². The van der Waals surface area contributed by atoms with E-state index >= 15 is 0 Å². The third kappa shape index (κ3) is 7.93. The number of benzene rings is 2. The van der Waals surface area contributed by atoms with Gasteiger partial charge in [-0.2, -0.15) is 0 Å². The Balaban J connectivity index is 2.53. The highest BCUT2D eigenvalue weighted by molar-refractivity contribution is 5.74. The monoisotopic (exact) mass is 498 g/mol. The van der Waals surface area contributed by atoms with E-state index in [1.165, 1.54) is 27.7 Å². The summed E-state index contributed by atoms with van der Waals surface area (Å²) < 4.78 is 21.8. The zero-order valence-corrected chi connectivity index (χ0v) is 22.1. The van der Waals surface area contributed by atoms with Crippen LogP contribution in [0.2, 0.25) is 0 Å². The Morgan fingerprint density at radius 2 is 0.750 bits per heavy atom. The van der Waals surface area contributed by atoms with Crippen LogP contribution in [0.25, 0.3) is 0 Å². The molecule has 36 heavy (non-hydrogen) atoms. The molecule has 0 N–H and O–H groups in total. The van der Waals surface area contributed by atoms with Gasteiger partial charge in [-0.1, -0.05) is 27.7 Å². The minimum atomic E-state index is -0.482. The number of ether oxygens (including phenoxy) is 4. The lowest BCUT2D eigenvalue weighted by Crippen LogP contribution is -2.11. The minimum Gasteiger partial charge on any atom is -0.426 e. The van der Waals surface area contributed by atoms with E-state index in [0.29, 0.717) is 47.0 Å². The Bertz CT molecular complexity index is 995. The van der Waals surface area contributed by atoms with E-state index in [9.17, 15) is 19.2 Å². The third-order valence-corrected chi connectivity index (χ3v) is 5.20. The van der Waals surface area contributed by atoms with Crippen LogP contribution in [0.1, 0.15) is 89.5 Å². The molecule has 0 saturated heterocycles. The van der Waals surface area contributed by atoms with Crippen LogP contribution >= 0.6 is 0 Å². The van der Waals surface area contributed by atoms with Crippen molar-refractivity contribution in [2.45, 2.75) is 80.1 Å². The fraction of sp³-hybridized carbons (Fsp3) is 0.429. The highest BCUT2D eigenvalue weighted by Gasteiger charge is 2.21. The lowest BCUT2D eigenvalue weighted by atomic mass is 9.94. The first-order chi connectivity index (χ1) is 16.8. The molecule has 2 rings (SSSR count). The minimum absolute atomic E-state index is 0.0658. The van der Waals surface area contributed by atoms with Gasteiger partial charge in [0.05, 0.1) is 0 Å². The van der Waals surface area contributed by atoms with Gasteiger partial charge in [0.2, 0.25) is 0 Å². The van der Waals surface area contributed by atoms with Gasteiger partial charge >= 0.3 is 23.9 Å². The van der Waals surface area contributed by atoms with Crippen molar-refractivity contribution in [2.24, 2.45) is 0 Å². The second-order valence-corrected chi connectivity index (χ2v) is 9.20. The number of carbonyl (C=O) groups excluding carboxylic acids is 4. The average Bonchev–Trinajstić information content (AvgIpc) is 2.69. The van der Waals surface area contributed by atoms with Gasteiger partial charge in [0.15, 0.2) is 0 Å². The van der Waals surface area contributed by atoms with Crippen LogP contribution in [0.5, 0.6) is 23.0 Å². The van der Waals surface area contributed by atoms with Crippen LogP contribution < -0.4 is 18.9 Å². The van der Waals surface area contributed by atoms with Crippen LogP contribution in [0, 0.1) is 0 Å². The van der Waals surface area contributed by atoms with Crippen molar-refractivity contribution in [3.63, 3.8) is 0 Å². The molecule has 0 aliphatic heterocycles. The van der Waals surface area contributed by atoms with Crippen LogP contribution in [0.4, 0.5) is 0 Å². The van der Waals surface area contributed by atoms with E-state index in [2.05, 4.69) is 0 Å². The standard InChI is InChI=1S/C28H34O8/c1-15(2)27-23(33-17(5)29)11-21(12-24(27)34-18(6)30)9-10-22-13-25(35-19(7)31)28(16(3)4)26(14-22)36-20(8)32/h11-16H,9-10H2,1-8H3. The zero-order valence-electron chi connectivity index (χ0n) is 22.1. The third-order valence-electron chi connectivity index (χ3n) is 5.20. The summed E-state index contributed by atoms with van der Waals surface area (Å²) in [5.74, 6) is -0.718. The summed E-state index contributed by atoms with van der Waals surface area (Å²) in [6.07, 6.45) is 0.946. The first kappa shape index (κ1) is 28.6. The molecule has 0 unspecified atom stereocenters. The summed E-state index contributed by atoms with van der Waals surface area (Å²) in [5.41, 5.74) is 2.78. The summed E-state index contributed by atoms with van der Waals surface area (Å²) >= 11 is 0. The molecule has 194 valence electrons. The van der Waals surface area contributed by atoms with Crippen LogP contribution in [0.15, 0.2) is 24.3 Å². The molecule has 0 spiro atoms. The maximum Gasteiger partial charge on any atom is 0.308 e. The van der Waals surface area contributed by atoms with E-state index in [4.69, 9.17) is 18.9 Å².